The molecule has 1 saturated heterocycles. The van der Waals surface area contributed by atoms with E-state index in [-0.39, 0.29) is 0 Å². The van der Waals surface area contributed by atoms with E-state index >= 15 is 0 Å². The molecule has 0 radical (unpaired) electrons. The quantitative estimate of drug-likeness (QED) is 0.228. The summed E-state index contributed by atoms with van der Waals surface area (Å²) in [6.45, 7) is -0.674. The summed E-state index contributed by atoms with van der Waals surface area (Å²) in [7, 11) is -4.70. The Morgan fingerprint density at radius 2 is 1.81 bits per heavy atom. The zero-order valence-electron chi connectivity index (χ0n) is 8.08. The van der Waals surface area contributed by atoms with Gasteiger partial charge in [-0.25, -0.2) is 4.57 Å². The molecule has 1 aliphatic heterocycles. The van der Waals surface area contributed by atoms with Crippen molar-refractivity contribution in [2.45, 2.75) is 30.6 Å². The molecule has 0 aromatic rings. The molecular formula is C6H14NO8P. The molecule has 5 unspecified atom stereocenters. The molecule has 0 aromatic carbocycles. The van der Waals surface area contributed by atoms with Crippen molar-refractivity contribution < 1.29 is 38.9 Å². The summed E-state index contributed by atoms with van der Waals surface area (Å²) in [5.41, 5.74) is 5.28. The van der Waals surface area contributed by atoms with Gasteiger partial charge in [0.1, 0.15) is 18.3 Å². The third-order valence-corrected chi connectivity index (χ3v) is 2.66. The Morgan fingerprint density at radius 3 is 2.31 bits per heavy atom. The Bertz CT molecular complexity index is 282. The van der Waals surface area contributed by atoms with Gasteiger partial charge in [0.15, 0.2) is 6.29 Å². The van der Waals surface area contributed by atoms with Crippen LogP contribution in [0.5, 0.6) is 0 Å². The van der Waals surface area contributed by atoms with Crippen LogP contribution >= 0.6 is 7.82 Å². The van der Waals surface area contributed by atoms with E-state index in [4.69, 9.17) is 20.3 Å². The summed E-state index contributed by atoms with van der Waals surface area (Å²) in [6.07, 6.45) is -5.76. The number of hydrogen-bond donors (Lipinski definition) is 6. The van der Waals surface area contributed by atoms with Crippen LogP contribution in [-0.2, 0) is 13.8 Å². The summed E-state index contributed by atoms with van der Waals surface area (Å²) in [5, 5.41) is 28.0. The summed E-state index contributed by atoms with van der Waals surface area (Å²) in [5.74, 6) is 0. The van der Waals surface area contributed by atoms with Crippen molar-refractivity contribution in [2.24, 2.45) is 5.73 Å². The lowest BCUT2D eigenvalue weighted by Crippen LogP contribution is -2.61. The zero-order chi connectivity index (χ0) is 12.5. The first-order valence-electron chi connectivity index (χ1n) is 4.37. The molecule has 0 saturated carbocycles. The summed E-state index contributed by atoms with van der Waals surface area (Å²) in [4.78, 5) is 16.8. The fourth-order valence-electron chi connectivity index (χ4n) is 1.28. The van der Waals surface area contributed by atoms with E-state index in [1.54, 1.807) is 0 Å². The molecule has 1 fully saturated rings. The SMILES string of the molecule is N[13CH]1[13CH](O)O[13CH]([13CH2]OP(=O)(O)O)[13CH](O)[13CH]1O. The highest BCUT2D eigenvalue weighted by Gasteiger charge is 2.42. The van der Waals surface area contributed by atoms with Crippen LogP contribution in [0.3, 0.4) is 0 Å². The number of hydrogen-bond acceptors (Lipinski definition) is 7. The van der Waals surface area contributed by atoms with Gasteiger partial charge < -0.3 is 35.6 Å². The smallest absolute Gasteiger partial charge is 0.388 e. The predicted octanol–water partition coefficient (Wildman–Crippen LogP) is -3.14. The van der Waals surface area contributed by atoms with Gasteiger partial charge in [-0.3, -0.25) is 4.52 Å². The molecule has 1 heterocycles. The van der Waals surface area contributed by atoms with Gasteiger partial charge in [0.2, 0.25) is 0 Å². The molecule has 7 N–H and O–H groups in total. The molecule has 1 rings (SSSR count). The third kappa shape index (κ3) is 3.45. The summed E-state index contributed by atoms with van der Waals surface area (Å²) >= 11 is 0. The van der Waals surface area contributed by atoms with E-state index in [0.29, 0.717) is 0 Å². The van der Waals surface area contributed by atoms with Crippen LogP contribution in [0, 0.1) is 0 Å². The number of aliphatic hydroxyl groups excluding tert-OH is 3. The van der Waals surface area contributed by atoms with Crippen molar-refractivity contribution in [3.05, 3.63) is 0 Å². The predicted molar refractivity (Wildman–Crippen MR) is 48.9 cm³/mol. The van der Waals surface area contributed by atoms with Crippen molar-refractivity contribution in [1.29, 1.82) is 0 Å². The van der Waals surface area contributed by atoms with E-state index in [0.717, 1.165) is 0 Å². The molecule has 1 aliphatic rings. The van der Waals surface area contributed by atoms with Crippen LogP contribution in [0.1, 0.15) is 0 Å². The second kappa shape index (κ2) is 5.05. The fourth-order valence-corrected chi connectivity index (χ4v) is 1.62. The van der Waals surface area contributed by atoms with Crippen LogP contribution in [-0.4, -0.2) is 62.4 Å². The van der Waals surface area contributed by atoms with Crippen molar-refractivity contribution >= 4 is 7.82 Å². The maximum atomic E-state index is 10.4. The number of aliphatic hydroxyl groups is 3. The van der Waals surface area contributed by atoms with Gasteiger partial charge in [-0.15, -0.1) is 0 Å². The minimum absolute atomic E-state index is 0.674. The third-order valence-electron chi connectivity index (χ3n) is 2.18. The van der Waals surface area contributed by atoms with Crippen molar-refractivity contribution in [1.82, 2.24) is 0 Å². The Balaban J connectivity index is 2.57. The average Bonchev–Trinajstić information content (AvgIpc) is 2.17. The first-order chi connectivity index (χ1) is 7.22. The van der Waals surface area contributed by atoms with Crippen LogP contribution in [0.2, 0.25) is 0 Å². The summed E-state index contributed by atoms with van der Waals surface area (Å²) < 4.78 is 19.2. The Labute approximate surface area is 90.6 Å². The van der Waals surface area contributed by atoms with Gasteiger partial charge >= 0.3 is 7.82 Å². The lowest BCUT2D eigenvalue weighted by molar-refractivity contribution is -0.247. The molecule has 0 aliphatic carbocycles. The highest BCUT2D eigenvalue weighted by molar-refractivity contribution is 7.46. The minimum Gasteiger partial charge on any atom is -0.388 e. The number of rotatable bonds is 3. The Morgan fingerprint density at radius 1 is 1.25 bits per heavy atom. The van der Waals surface area contributed by atoms with E-state index in [1.165, 1.54) is 0 Å². The van der Waals surface area contributed by atoms with Gasteiger partial charge in [-0.05, 0) is 0 Å². The van der Waals surface area contributed by atoms with Crippen LogP contribution < -0.4 is 5.73 Å². The minimum atomic E-state index is -4.70. The first kappa shape index (κ1) is 14.0. The van der Waals surface area contributed by atoms with Gasteiger partial charge in [0, 0.05) is 0 Å². The van der Waals surface area contributed by atoms with Gasteiger partial charge in [0.25, 0.3) is 0 Å². The second-order valence-corrected chi connectivity index (χ2v) is 4.65. The molecule has 16 heavy (non-hydrogen) atoms. The molecule has 0 spiro atoms. The number of ether oxygens (including phenoxy) is 1. The molecule has 0 amide bonds. The maximum Gasteiger partial charge on any atom is 0.469 e. The van der Waals surface area contributed by atoms with Gasteiger partial charge in [-0.1, -0.05) is 0 Å². The van der Waals surface area contributed by atoms with Crippen LogP contribution in [0.25, 0.3) is 0 Å². The second-order valence-electron chi connectivity index (χ2n) is 3.41. The fraction of sp³-hybridized carbons (Fsp3) is 1.00. The number of phosphoric acid groups is 1. The molecule has 10 heteroatoms. The van der Waals surface area contributed by atoms with Gasteiger partial charge in [0.05, 0.1) is 12.6 Å². The number of phosphoric ester groups is 1. The Hall–Kier alpha value is -0.0900. The van der Waals surface area contributed by atoms with Crippen molar-refractivity contribution in [3.8, 4) is 0 Å². The van der Waals surface area contributed by atoms with E-state index in [1.807, 2.05) is 0 Å². The largest absolute Gasteiger partial charge is 0.469 e. The first-order valence-corrected chi connectivity index (χ1v) is 5.91. The standard InChI is InChI=1S/C6H14NO8P/c7-3-5(9)4(8)2(15-6(3)10)1-14-16(11,12)13/h2-6,8-10H,1,7H2,(H2,11,12,13)/i1+1,2+1,3+1,4+1,5+1,6+1. The molecular weight excluding hydrogens is 251 g/mol. The number of nitrogens with two attached hydrogens (primary N) is 1. The van der Waals surface area contributed by atoms with Crippen LogP contribution in [0.4, 0.5) is 0 Å². The molecule has 96 valence electrons. The molecule has 5 atom stereocenters. The lowest BCUT2D eigenvalue weighted by atomic mass is 10.9. The average molecular weight is 265 g/mol. The van der Waals surface area contributed by atoms with Crippen LogP contribution in [0.15, 0.2) is 0 Å². The summed E-state index contributed by atoms with van der Waals surface area (Å²) in [6, 6.07) is -1.19. The van der Waals surface area contributed by atoms with Crippen molar-refractivity contribution in [2.75, 3.05) is 6.61 Å². The van der Waals surface area contributed by atoms with E-state index in [2.05, 4.69) is 4.52 Å². The highest BCUT2D eigenvalue weighted by Crippen LogP contribution is 2.36. The molecule has 0 bridgehead atoms. The maximum absolute atomic E-state index is 10.4. The monoisotopic (exact) mass is 265 g/mol. The van der Waals surface area contributed by atoms with Crippen molar-refractivity contribution in [3.63, 3.8) is 0 Å². The Kier molecular flexibility index (Phi) is 4.41. The van der Waals surface area contributed by atoms with E-state index in [9.17, 15) is 19.9 Å². The molecule has 0 aromatic heterocycles. The lowest BCUT2D eigenvalue weighted by Gasteiger charge is -2.38. The normalized spacial score (nSPS) is 41.0. The van der Waals surface area contributed by atoms with Gasteiger partial charge in [-0.2, -0.15) is 0 Å². The zero-order valence-corrected chi connectivity index (χ0v) is 8.97. The molecule has 9 nitrogen and oxygen atoms in total. The highest BCUT2D eigenvalue weighted by atomic mass is 31.2. The topological polar surface area (TPSA) is 163 Å². The van der Waals surface area contributed by atoms with E-state index < -0.39 is 45.1 Å².